The SMILES string of the molecule is CC(=O)OS(c1ccccc1)(c1ccc(I)cc1)c1ccc(I)cc1. The summed E-state index contributed by atoms with van der Waals surface area (Å²) in [4.78, 5) is 15.1. The molecule has 0 N–H and O–H groups in total. The predicted octanol–water partition coefficient (Wildman–Crippen LogP) is 6.66. The number of benzene rings is 3. The van der Waals surface area contributed by atoms with Crippen LogP contribution in [0.4, 0.5) is 0 Å². The second kappa shape index (κ2) is 8.09. The molecule has 0 radical (unpaired) electrons. The molecular formula is C20H16I2O2S. The van der Waals surface area contributed by atoms with Crippen molar-refractivity contribution in [3.8, 4) is 0 Å². The summed E-state index contributed by atoms with van der Waals surface area (Å²) in [6.45, 7) is 1.48. The molecule has 0 saturated heterocycles. The molecule has 2 nitrogen and oxygen atoms in total. The van der Waals surface area contributed by atoms with Crippen LogP contribution >= 0.6 is 55.5 Å². The van der Waals surface area contributed by atoms with Crippen LogP contribution in [0.2, 0.25) is 0 Å². The molecule has 5 heteroatoms. The Morgan fingerprint density at radius 2 is 1.12 bits per heavy atom. The van der Waals surface area contributed by atoms with E-state index < -0.39 is 10.3 Å². The lowest BCUT2D eigenvalue weighted by Crippen LogP contribution is -2.11. The molecule has 0 bridgehead atoms. The lowest BCUT2D eigenvalue weighted by molar-refractivity contribution is -0.131. The average molecular weight is 574 g/mol. The number of carbonyl (C=O) groups is 1. The summed E-state index contributed by atoms with van der Waals surface area (Å²) in [6.07, 6.45) is 0. The molecule has 0 spiro atoms. The summed E-state index contributed by atoms with van der Waals surface area (Å²) in [6, 6.07) is 26.5. The lowest BCUT2D eigenvalue weighted by atomic mass is 10.4. The minimum atomic E-state index is -2.12. The van der Waals surface area contributed by atoms with Crippen LogP contribution in [0.5, 0.6) is 0 Å². The zero-order chi connectivity index (χ0) is 17.9. The van der Waals surface area contributed by atoms with Gasteiger partial charge in [-0.2, -0.15) is 0 Å². The van der Waals surface area contributed by atoms with E-state index in [1.54, 1.807) is 0 Å². The van der Waals surface area contributed by atoms with Gasteiger partial charge in [0.15, 0.2) is 0 Å². The molecule has 0 unspecified atom stereocenters. The van der Waals surface area contributed by atoms with Crippen LogP contribution in [0.15, 0.2) is 93.5 Å². The zero-order valence-electron chi connectivity index (χ0n) is 13.5. The number of hydrogen-bond acceptors (Lipinski definition) is 2. The number of rotatable bonds is 4. The molecule has 0 aliphatic carbocycles. The molecule has 0 aromatic heterocycles. The first kappa shape index (κ1) is 18.7. The highest BCUT2D eigenvalue weighted by atomic mass is 127. The standard InChI is InChI=1S/C20H16I2O2S/c1-15(23)24-25(18-5-3-2-4-6-18,19-11-7-16(21)8-12-19)20-13-9-17(22)10-14-20/h2-14H,1H3. The van der Waals surface area contributed by atoms with Crippen LogP contribution in [0.25, 0.3) is 0 Å². The molecule has 0 heterocycles. The van der Waals surface area contributed by atoms with Gasteiger partial charge in [-0.3, -0.25) is 4.79 Å². The molecule has 0 aliphatic heterocycles. The van der Waals surface area contributed by atoms with E-state index in [1.807, 2.05) is 30.3 Å². The maximum absolute atomic E-state index is 12.1. The number of carbonyl (C=O) groups excluding carboxylic acids is 1. The van der Waals surface area contributed by atoms with Gasteiger partial charge < -0.3 is 4.18 Å². The van der Waals surface area contributed by atoms with Gasteiger partial charge in [-0.15, -0.1) is 0 Å². The van der Waals surface area contributed by atoms with Crippen molar-refractivity contribution in [1.82, 2.24) is 0 Å². The first-order valence-corrected chi connectivity index (χ1v) is 11.3. The van der Waals surface area contributed by atoms with Crippen molar-refractivity contribution >= 4 is 61.5 Å². The molecule has 3 aromatic carbocycles. The van der Waals surface area contributed by atoms with Gasteiger partial charge in [0.1, 0.15) is 0 Å². The summed E-state index contributed by atoms with van der Waals surface area (Å²) in [7, 11) is -2.12. The first-order chi connectivity index (χ1) is 12.0. The van der Waals surface area contributed by atoms with E-state index in [0.717, 1.165) is 21.8 Å². The first-order valence-electron chi connectivity index (χ1n) is 7.62. The van der Waals surface area contributed by atoms with Crippen LogP contribution in [0.3, 0.4) is 0 Å². The fourth-order valence-corrected chi connectivity index (χ4v) is 6.35. The van der Waals surface area contributed by atoms with Crippen molar-refractivity contribution in [2.45, 2.75) is 21.6 Å². The zero-order valence-corrected chi connectivity index (χ0v) is 18.6. The van der Waals surface area contributed by atoms with Gasteiger partial charge in [-0.1, -0.05) is 18.2 Å². The Labute approximate surface area is 176 Å². The summed E-state index contributed by atoms with van der Waals surface area (Å²) < 4.78 is 8.41. The maximum Gasteiger partial charge on any atom is 0.313 e. The van der Waals surface area contributed by atoms with Gasteiger partial charge in [0.05, 0.1) is 0 Å². The Bertz CT molecular complexity index is 817. The van der Waals surface area contributed by atoms with E-state index in [1.165, 1.54) is 6.92 Å². The largest absolute Gasteiger partial charge is 0.402 e. The third-order valence-corrected chi connectivity index (χ3v) is 8.34. The Hall–Kier alpha value is -1.06. The van der Waals surface area contributed by atoms with Gasteiger partial charge in [-0.05, 0) is 116 Å². The minimum absolute atomic E-state index is 0.282. The molecule has 3 rings (SSSR count). The van der Waals surface area contributed by atoms with E-state index >= 15 is 0 Å². The monoisotopic (exact) mass is 574 g/mol. The van der Waals surface area contributed by atoms with Crippen LogP contribution in [-0.4, -0.2) is 5.97 Å². The smallest absolute Gasteiger partial charge is 0.313 e. The van der Waals surface area contributed by atoms with E-state index in [0.29, 0.717) is 0 Å². The van der Waals surface area contributed by atoms with Gasteiger partial charge in [0.25, 0.3) is 0 Å². The topological polar surface area (TPSA) is 26.3 Å². The molecule has 25 heavy (non-hydrogen) atoms. The Kier molecular flexibility index (Phi) is 6.06. The van der Waals surface area contributed by atoms with Gasteiger partial charge in [-0.25, -0.2) is 0 Å². The summed E-state index contributed by atoms with van der Waals surface area (Å²) >= 11 is 4.57. The molecule has 0 aliphatic rings. The van der Waals surface area contributed by atoms with Gasteiger partial charge in [0.2, 0.25) is 0 Å². The van der Waals surface area contributed by atoms with Crippen molar-refractivity contribution in [3.63, 3.8) is 0 Å². The van der Waals surface area contributed by atoms with Crippen LogP contribution in [0, 0.1) is 7.14 Å². The van der Waals surface area contributed by atoms with Crippen molar-refractivity contribution in [3.05, 3.63) is 86.0 Å². The highest BCUT2D eigenvalue weighted by Gasteiger charge is 2.34. The Morgan fingerprint density at radius 3 is 1.52 bits per heavy atom. The lowest BCUT2D eigenvalue weighted by Gasteiger charge is -2.39. The van der Waals surface area contributed by atoms with Crippen LogP contribution < -0.4 is 0 Å². The maximum atomic E-state index is 12.1. The van der Waals surface area contributed by atoms with Crippen molar-refractivity contribution in [2.24, 2.45) is 0 Å². The second-order valence-electron chi connectivity index (χ2n) is 5.35. The summed E-state index contributed by atoms with van der Waals surface area (Å²) in [5.41, 5.74) is 0. The fraction of sp³-hybridized carbons (Fsp3) is 0.0500. The number of hydrogen-bond donors (Lipinski definition) is 0. The predicted molar refractivity (Wildman–Crippen MR) is 119 cm³/mol. The van der Waals surface area contributed by atoms with Crippen LogP contribution in [0.1, 0.15) is 6.92 Å². The number of halogens is 2. The molecule has 0 atom stereocenters. The highest BCUT2D eigenvalue weighted by Crippen LogP contribution is 2.69. The third kappa shape index (κ3) is 4.03. The molecular weight excluding hydrogens is 558 g/mol. The Balaban J connectivity index is 2.32. The van der Waals surface area contributed by atoms with Crippen LogP contribution in [-0.2, 0) is 8.98 Å². The third-order valence-electron chi connectivity index (χ3n) is 3.61. The van der Waals surface area contributed by atoms with Crippen molar-refractivity contribution < 1.29 is 8.98 Å². The van der Waals surface area contributed by atoms with E-state index in [2.05, 4.69) is 93.7 Å². The normalized spacial score (nSPS) is 11.8. The van der Waals surface area contributed by atoms with Crippen molar-refractivity contribution in [1.29, 1.82) is 0 Å². The van der Waals surface area contributed by atoms with E-state index in [4.69, 9.17) is 4.18 Å². The molecule has 0 fully saturated rings. The van der Waals surface area contributed by atoms with Crippen molar-refractivity contribution in [2.75, 3.05) is 0 Å². The van der Waals surface area contributed by atoms with Gasteiger partial charge in [0, 0.05) is 28.8 Å². The summed E-state index contributed by atoms with van der Waals surface area (Å²) in [5, 5.41) is 0. The van der Waals surface area contributed by atoms with E-state index in [-0.39, 0.29) is 5.97 Å². The molecule has 3 aromatic rings. The van der Waals surface area contributed by atoms with Gasteiger partial charge >= 0.3 is 5.97 Å². The highest BCUT2D eigenvalue weighted by molar-refractivity contribution is 14.1. The molecule has 128 valence electrons. The quantitative estimate of drug-likeness (QED) is 0.326. The minimum Gasteiger partial charge on any atom is -0.402 e. The summed E-state index contributed by atoms with van der Waals surface area (Å²) in [5.74, 6) is -0.282. The van der Waals surface area contributed by atoms with E-state index in [9.17, 15) is 4.79 Å². The fourth-order valence-electron chi connectivity index (χ4n) is 2.59. The average Bonchev–Trinajstić information content (AvgIpc) is 2.62. The molecule has 0 saturated carbocycles. The Morgan fingerprint density at radius 1 is 0.720 bits per heavy atom. The molecule has 0 amide bonds. The second-order valence-corrected chi connectivity index (χ2v) is 10.5.